The standard InChI is InChI=1S/C18H21ClN6O2/c1-9-5-22-12(10(2)15(9)27-4)8-25-7-11(6-21-3)14(26)13-16(19)23-18(20)24-17(13)25/h5,7,21H,6,8H2,1-4H3,(H2,20,23,24). The van der Waals surface area contributed by atoms with Crippen LogP contribution in [0.25, 0.3) is 11.0 Å². The Morgan fingerprint density at radius 2 is 2.07 bits per heavy atom. The van der Waals surface area contributed by atoms with E-state index in [0.717, 1.165) is 22.6 Å². The van der Waals surface area contributed by atoms with Crippen molar-refractivity contribution in [2.45, 2.75) is 26.9 Å². The zero-order valence-corrected chi connectivity index (χ0v) is 16.4. The summed E-state index contributed by atoms with van der Waals surface area (Å²) in [4.78, 5) is 25.5. The summed E-state index contributed by atoms with van der Waals surface area (Å²) >= 11 is 6.21. The molecule has 9 heteroatoms. The van der Waals surface area contributed by atoms with Crippen molar-refractivity contribution in [2.24, 2.45) is 0 Å². The van der Waals surface area contributed by atoms with Crippen molar-refractivity contribution in [3.8, 4) is 5.75 Å². The van der Waals surface area contributed by atoms with Gasteiger partial charge in [0.05, 0.1) is 19.3 Å². The van der Waals surface area contributed by atoms with Gasteiger partial charge in [-0.05, 0) is 20.9 Å². The average molecular weight is 389 g/mol. The van der Waals surface area contributed by atoms with Gasteiger partial charge >= 0.3 is 0 Å². The van der Waals surface area contributed by atoms with Crippen LogP contribution in [0, 0.1) is 13.8 Å². The molecule has 0 bridgehead atoms. The highest BCUT2D eigenvalue weighted by molar-refractivity contribution is 6.34. The van der Waals surface area contributed by atoms with E-state index in [0.29, 0.717) is 24.3 Å². The summed E-state index contributed by atoms with van der Waals surface area (Å²) in [6.45, 7) is 4.65. The van der Waals surface area contributed by atoms with Crippen LogP contribution >= 0.6 is 11.6 Å². The number of rotatable bonds is 5. The van der Waals surface area contributed by atoms with Gasteiger partial charge in [-0.25, -0.2) is 4.98 Å². The zero-order chi connectivity index (χ0) is 19.7. The van der Waals surface area contributed by atoms with Gasteiger partial charge in [0.15, 0.2) is 11.1 Å². The van der Waals surface area contributed by atoms with Crippen LogP contribution in [0.3, 0.4) is 0 Å². The van der Waals surface area contributed by atoms with E-state index >= 15 is 0 Å². The van der Waals surface area contributed by atoms with Gasteiger partial charge in [0, 0.05) is 35.6 Å². The maximum absolute atomic E-state index is 12.8. The first kappa shape index (κ1) is 19.1. The van der Waals surface area contributed by atoms with E-state index in [1.54, 1.807) is 26.6 Å². The Morgan fingerprint density at radius 3 is 2.74 bits per heavy atom. The van der Waals surface area contributed by atoms with E-state index in [1.165, 1.54) is 0 Å². The average Bonchev–Trinajstić information content (AvgIpc) is 2.61. The lowest BCUT2D eigenvalue weighted by Crippen LogP contribution is -2.22. The maximum atomic E-state index is 12.8. The molecule has 0 atom stereocenters. The van der Waals surface area contributed by atoms with Gasteiger partial charge in [-0.2, -0.15) is 4.98 Å². The molecule has 0 saturated carbocycles. The van der Waals surface area contributed by atoms with Crippen molar-refractivity contribution in [2.75, 3.05) is 19.9 Å². The van der Waals surface area contributed by atoms with Crippen molar-refractivity contribution in [3.05, 3.63) is 50.2 Å². The molecule has 0 fully saturated rings. The predicted octanol–water partition coefficient (Wildman–Crippen LogP) is 1.82. The number of aromatic nitrogens is 4. The molecule has 0 aromatic carbocycles. The molecule has 0 amide bonds. The molecule has 142 valence electrons. The highest BCUT2D eigenvalue weighted by Crippen LogP contribution is 2.26. The smallest absolute Gasteiger partial charge is 0.223 e. The van der Waals surface area contributed by atoms with E-state index in [2.05, 4.69) is 20.3 Å². The first-order valence-electron chi connectivity index (χ1n) is 8.36. The van der Waals surface area contributed by atoms with Gasteiger partial charge in [-0.1, -0.05) is 11.6 Å². The largest absolute Gasteiger partial charge is 0.496 e. The molecule has 27 heavy (non-hydrogen) atoms. The summed E-state index contributed by atoms with van der Waals surface area (Å²) in [6.07, 6.45) is 3.51. The fourth-order valence-corrected chi connectivity index (χ4v) is 3.40. The van der Waals surface area contributed by atoms with Crippen molar-refractivity contribution in [1.29, 1.82) is 0 Å². The molecule has 3 N–H and O–H groups in total. The molecule has 3 aromatic heterocycles. The van der Waals surface area contributed by atoms with Crippen LogP contribution in [0.15, 0.2) is 17.2 Å². The Balaban J connectivity index is 2.25. The molecule has 0 radical (unpaired) electrons. The van der Waals surface area contributed by atoms with E-state index in [1.807, 2.05) is 18.4 Å². The second kappa shape index (κ2) is 7.50. The van der Waals surface area contributed by atoms with E-state index < -0.39 is 0 Å². The zero-order valence-electron chi connectivity index (χ0n) is 15.6. The first-order chi connectivity index (χ1) is 12.9. The van der Waals surface area contributed by atoms with Crippen LogP contribution < -0.4 is 21.2 Å². The number of ether oxygens (including phenoxy) is 1. The predicted molar refractivity (Wildman–Crippen MR) is 105 cm³/mol. The number of halogens is 1. The Bertz CT molecular complexity index is 1080. The third-order valence-electron chi connectivity index (χ3n) is 4.40. The number of pyridine rings is 2. The normalized spacial score (nSPS) is 11.1. The van der Waals surface area contributed by atoms with Crippen LogP contribution in [0.4, 0.5) is 5.95 Å². The van der Waals surface area contributed by atoms with Crippen molar-refractivity contribution in [1.82, 2.24) is 24.8 Å². The number of anilines is 1. The van der Waals surface area contributed by atoms with E-state index in [9.17, 15) is 4.79 Å². The van der Waals surface area contributed by atoms with Crippen LogP contribution in [0.2, 0.25) is 5.15 Å². The molecule has 0 spiro atoms. The van der Waals surface area contributed by atoms with E-state index in [4.69, 9.17) is 22.1 Å². The van der Waals surface area contributed by atoms with E-state index in [-0.39, 0.29) is 21.9 Å². The first-order valence-corrected chi connectivity index (χ1v) is 8.73. The van der Waals surface area contributed by atoms with Gasteiger partial charge in [0.2, 0.25) is 5.95 Å². The van der Waals surface area contributed by atoms with Gasteiger partial charge in [-0.15, -0.1) is 0 Å². The highest BCUT2D eigenvalue weighted by Gasteiger charge is 2.17. The fraction of sp³-hybridized carbons (Fsp3) is 0.333. The molecule has 0 aliphatic heterocycles. The third kappa shape index (κ3) is 3.45. The van der Waals surface area contributed by atoms with Crippen LogP contribution in [0.1, 0.15) is 22.4 Å². The lowest BCUT2D eigenvalue weighted by Gasteiger charge is -2.16. The van der Waals surface area contributed by atoms with Gasteiger partial charge in [-0.3, -0.25) is 9.78 Å². The van der Waals surface area contributed by atoms with Crippen LogP contribution in [0.5, 0.6) is 5.75 Å². The summed E-state index contributed by atoms with van der Waals surface area (Å²) in [5.41, 5.74) is 9.14. The molecule has 3 rings (SSSR count). The molecule has 0 saturated heterocycles. The molecule has 3 heterocycles. The Morgan fingerprint density at radius 1 is 1.33 bits per heavy atom. The van der Waals surface area contributed by atoms with Crippen LogP contribution in [-0.2, 0) is 13.1 Å². The second-order valence-corrected chi connectivity index (χ2v) is 6.62. The lowest BCUT2D eigenvalue weighted by atomic mass is 10.1. The minimum atomic E-state index is -0.216. The molecule has 0 aliphatic carbocycles. The number of fused-ring (bicyclic) bond motifs is 1. The van der Waals surface area contributed by atoms with Gasteiger partial charge < -0.3 is 20.4 Å². The summed E-state index contributed by atoms with van der Waals surface area (Å²) in [7, 11) is 3.40. The highest BCUT2D eigenvalue weighted by atomic mass is 35.5. The molecule has 8 nitrogen and oxygen atoms in total. The molecule has 0 aliphatic rings. The lowest BCUT2D eigenvalue weighted by molar-refractivity contribution is 0.406. The SMILES string of the molecule is CNCc1cn(Cc2ncc(C)c(OC)c2C)c2nc(N)nc(Cl)c2c1=O. The van der Waals surface area contributed by atoms with Gasteiger partial charge in [0.1, 0.15) is 16.3 Å². The number of nitrogens with zero attached hydrogens (tertiary/aromatic N) is 4. The minimum absolute atomic E-state index is 0.00758. The molecule has 3 aromatic rings. The van der Waals surface area contributed by atoms with Crippen molar-refractivity contribution >= 4 is 28.6 Å². The minimum Gasteiger partial charge on any atom is -0.496 e. The molecule has 0 unspecified atom stereocenters. The Labute approximate surface area is 161 Å². The third-order valence-corrected chi connectivity index (χ3v) is 4.68. The second-order valence-electron chi connectivity index (χ2n) is 6.26. The number of nitrogens with two attached hydrogens (primary N) is 1. The summed E-state index contributed by atoms with van der Waals surface area (Å²) in [6, 6.07) is 0. The number of aryl methyl sites for hydroxylation is 1. The number of methoxy groups -OCH3 is 1. The Kier molecular flexibility index (Phi) is 5.29. The van der Waals surface area contributed by atoms with Crippen LogP contribution in [-0.4, -0.2) is 33.7 Å². The molecular formula is C18H21ClN6O2. The fourth-order valence-electron chi connectivity index (χ4n) is 3.14. The van der Waals surface area contributed by atoms with Crippen molar-refractivity contribution in [3.63, 3.8) is 0 Å². The van der Waals surface area contributed by atoms with Gasteiger partial charge in [0.25, 0.3) is 0 Å². The van der Waals surface area contributed by atoms with Crippen molar-refractivity contribution < 1.29 is 4.74 Å². The topological polar surface area (TPSA) is 108 Å². The monoisotopic (exact) mass is 388 g/mol. The number of hydrogen-bond acceptors (Lipinski definition) is 7. The maximum Gasteiger partial charge on any atom is 0.223 e. The number of hydrogen-bond donors (Lipinski definition) is 2. The number of nitrogens with one attached hydrogen (secondary N) is 1. The quantitative estimate of drug-likeness (QED) is 0.641. The Hall–Kier alpha value is -2.71. The summed E-state index contributed by atoms with van der Waals surface area (Å²) in [5.74, 6) is 0.793. The summed E-state index contributed by atoms with van der Waals surface area (Å²) in [5, 5.41) is 3.28. The molecular weight excluding hydrogens is 368 g/mol. The number of nitrogen functional groups attached to an aromatic ring is 1. The summed E-state index contributed by atoms with van der Waals surface area (Å²) < 4.78 is 7.30.